The molecule has 17 heavy (non-hydrogen) atoms. The second-order valence-corrected chi connectivity index (χ2v) is 5.13. The van der Waals surface area contributed by atoms with E-state index in [0.717, 1.165) is 16.9 Å². The summed E-state index contributed by atoms with van der Waals surface area (Å²) in [5.41, 5.74) is 1.92. The highest BCUT2D eigenvalue weighted by molar-refractivity contribution is 5.66. The van der Waals surface area contributed by atoms with Crippen LogP contribution in [0.3, 0.4) is 0 Å². The maximum atomic E-state index is 5.75. The third-order valence-electron chi connectivity index (χ3n) is 2.50. The number of ether oxygens (including phenoxy) is 2. The van der Waals surface area contributed by atoms with Crippen LogP contribution in [0.4, 0.5) is 0 Å². The molecule has 1 aromatic rings. The van der Waals surface area contributed by atoms with Gasteiger partial charge in [-0.3, -0.25) is 0 Å². The monoisotopic (exact) mass is 230 g/mol. The molecule has 0 aliphatic carbocycles. The van der Waals surface area contributed by atoms with Gasteiger partial charge < -0.3 is 9.47 Å². The number of hydrogen-bond acceptors (Lipinski definition) is 2. The van der Waals surface area contributed by atoms with Crippen molar-refractivity contribution in [2.75, 3.05) is 6.61 Å². The molecule has 90 valence electrons. The third kappa shape index (κ3) is 2.98. The predicted molar refractivity (Wildman–Crippen MR) is 69.9 cm³/mol. The van der Waals surface area contributed by atoms with Crippen LogP contribution in [0.25, 0.3) is 6.08 Å². The summed E-state index contributed by atoms with van der Waals surface area (Å²) >= 11 is 0. The molecular formula is C15H18O2. The highest BCUT2D eigenvalue weighted by atomic mass is 16.5. The molecule has 2 rings (SSSR count). The van der Waals surface area contributed by atoms with E-state index in [9.17, 15) is 0 Å². The first-order chi connectivity index (χ1) is 7.96. The lowest BCUT2D eigenvalue weighted by atomic mass is 10.1. The lowest BCUT2D eigenvalue weighted by molar-refractivity contribution is 0.0109. The van der Waals surface area contributed by atoms with Gasteiger partial charge in [-0.1, -0.05) is 24.8 Å². The van der Waals surface area contributed by atoms with Crippen molar-refractivity contribution in [1.82, 2.24) is 0 Å². The summed E-state index contributed by atoms with van der Waals surface area (Å²) in [6, 6.07) is 7.92. The third-order valence-corrected chi connectivity index (χ3v) is 2.50. The minimum atomic E-state index is -0.155. The Bertz CT molecular complexity index is 464. The van der Waals surface area contributed by atoms with Crippen LogP contribution in [0.2, 0.25) is 0 Å². The van der Waals surface area contributed by atoms with E-state index >= 15 is 0 Å². The fourth-order valence-corrected chi connectivity index (χ4v) is 1.58. The molecule has 1 aliphatic rings. The maximum Gasteiger partial charge on any atom is 0.134 e. The molecule has 0 bridgehead atoms. The molecule has 0 unspecified atom stereocenters. The first-order valence-corrected chi connectivity index (χ1v) is 5.76. The van der Waals surface area contributed by atoms with Gasteiger partial charge in [0, 0.05) is 11.1 Å². The zero-order valence-corrected chi connectivity index (χ0v) is 10.6. The average molecular weight is 230 g/mol. The molecule has 0 N–H and O–H groups in total. The van der Waals surface area contributed by atoms with E-state index in [1.165, 1.54) is 0 Å². The molecular weight excluding hydrogens is 212 g/mol. The van der Waals surface area contributed by atoms with Gasteiger partial charge in [-0.25, -0.2) is 0 Å². The predicted octanol–water partition coefficient (Wildman–Crippen LogP) is 3.79. The van der Waals surface area contributed by atoms with Gasteiger partial charge in [0.25, 0.3) is 0 Å². The Labute approximate surface area is 103 Å². The summed E-state index contributed by atoms with van der Waals surface area (Å²) in [5, 5.41) is 0. The molecule has 0 saturated carbocycles. The summed E-state index contributed by atoms with van der Waals surface area (Å²) in [6.45, 7) is 10.6. The van der Waals surface area contributed by atoms with E-state index in [2.05, 4.69) is 12.7 Å². The quantitative estimate of drug-likeness (QED) is 0.769. The summed E-state index contributed by atoms with van der Waals surface area (Å²) < 4.78 is 11.4. The van der Waals surface area contributed by atoms with Crippen molar-refractivity contribution in [1.29, 1.82) is 0 Å². The summed E-state index contributed by atoms with van der Waals surface area (Å²) in [4.78, 5) is 0. The van der Waals surface area contributed by atoms with Crippen molar-refractivity contribution in [3.8, 4) is 5.75 Å². The van der Waals surface area contributed by atoms with Crippen LogP contribution in [0.5, 0.6) is 5.75 Å². The van der Waals surface area contributed by atoms with Gasteiger partial charge in [-0.2, -0.15) is 0 Å². The van der Waals surface area contributed by atoms with Crippen molar-refractivity contribution in [3.05, 3.63) is 47.7 Å². The van der Waals surface area contributed by atoms with Gasteiger partial charge in [-0.15, -0.1) is 0 Å². The molecule has 0 spiro atoms. The fourth-order valence-electron chi connectivity index (χ4n) is 1.58. The minimum absolute atomic E-state index is 0.155. The Kier molecular flexibility index (Phi) is 3.07. The molecule has 0 saturated heterocycles. The number of hydrogen-bond donors (Lipinski definition) is 0. The van der Waals surface area contributed by atoms with E-state index in [1.54, 1.807) is 0 Å². The van der Waals surface area contributed by atoms with Gasteiger partial charge in [0.15, 0.2) is 0 Å². The van der Waals surface area contributed by atoms with Gasteiger partial charge in [-0.05, 0) is 32.9 Å². The van der Waals surface area contributed by atoms with Crippen LogP contribution < -0.4 is 4.74 Å². The van der Waals surface area contributed by atoms with Gasteiger partial charge in [0.05, 0.1) is 12.2 Å². The second kappa shape index (κ2) is 4.38. The summed E-state index contributed by atoms with van der Waals surface area (Å²) in [7, 11) is 0. The molecule has 0 radical (unpaired) electrons. The minimum Gasteiger partial charge on any atom is -0.457 e. The molecule has 1 heterocycles. The Morgan fingerprint density at radius 3 is 2.65 bits per heavy atom. The zero-order valence-electron chi connectivity index (χ0n) is 10.6. The van der Waals surface area contributed by atoms with Crippen molar-refractivity contribution >= 4 is 6.08 Å². The summed E-state index contributed by atoms with van der Waals surface area (Å²) in [5.74, 6) is 1.53. The van der Waals surface area contributed by atoms with Crippen LogP contribution >= 0.6 is 0 Å². The Morgan fingerprint density at radius 2 is 1.94 bits per heavy atom. The van der Waals surface area contributed by atoms with E-state index in [4.69, 9.17) is 9.47 Å². The molecule has 2 nitrogen and oxygen atoms in total. The molecule has 1 aromatic carbocycles. The molecule has 0 aromatic heterocycles. The number of benzene rings is 1. The van der Waals surface area contributed by atoms with Crippen LogP contribution in [0, 0.1) is 0 Å². The smallest absolute Gasteiger partial charge is 0.134 e. The van der Waals surface area contributed by atoms with E-state index in [-0.39, 0.29) is 5.60 Å². The van der Waals surface area contributed by atoms with Crippen molar-refractivity contribution in [3.63, 3.8) is 0 Å². The molecule has 0 amide bonds. The van der Waals surface area contributed by atoms with Crippen LogP contribution in [0.1, 0.15) is 26.3 Å². The highest BCUT2D eigenvalue weighted by Gasteiger charge is 2.17. The lowest BCUT2D eigenvalue weighted by Gasteiger charge is -2.24. The molecule has 2 heteroatoms. The zero-order chi connectivity index (χ0) is 12.5. The van der Waals surface area contributed by atoms with Crippen LogP contribution in [0.15, 0.2) is 42.2 Å². The van der Waals surface area contributed by atoms with Gasteiger partial charge >= 0.3 is 0 Å². The highest BCUT2D eigenvalue weighted by Crippen LogP contribution is 2.31. The van der Waals surface area contributed by atoms with Crippen molar-refractivity contribution in [2.45, 2.75) is 26.4 Å². The van der Waals surface area contributed by atoms with Gasteiger partial charge in [0.2, 0.25) is 0 Å². The normalized spacial score (nSPS) is 15.0. The SMILES string of the molecule is C=C1Oc2ccccc2C=C1COC(C)(C)C. The average Bonchev–Trinajstić information content (AvgIpc) is 2.25. The number of para-hydroxylation sites is 1. The largest absolute Gasteiger partial charge is 0.457 e. The number of rotatable bonds is 2. The van der Waals surface area contributed by atoms with Crippen LogP contribution in [-0.2, 0) is 4.74 Å². The Balaban J connectivity index is 2.18. The van der Waals surface area contributed by atoms with Crippen LogP contribution in [-0.4, -0.2) is 12.2 Å². The lowest BCUT2D eigenvalue weighted by Crippen LogP contribution is -2.22. The Hall–Kier alpha value is -1.54. The molecule has 1 aliphatic heterocycles. The Morgan fingerprint density at radius 1 is 1.24 bits per heavy atom. The van der Waals surface area contributed by atoms with Crippen molar-refractivity contribution in [2.24, 2.45) is 0 Å². The maximum absolute atomic E-state index is 5.75. The van der Waals surface area contributed by atoms with Gasteiger partial charge in [0.1, 0.15) is 11.5 Å². The van der Waals surface area contributed by atoms with E-state index in [1.807, 2.05) is 45.0 Å². The van der Waals surface area contributed by atoms with E-state index < -0.39 is 0 Å². The van der Waals surface area contributed by atoms with E-state index in [0.29, 0.717) is 12.4 Å². The first-order valence-electron chi connectivity index (χ1n) is 5.76. The fraction of sp³-hybridized carbons (Fsp3) is 0.333. The molecule has 0 atom stereocenters. The standard InChI is InChI=1S/C15H18O2/c1-11-13(10-16-15(2,3)4)9-12-7-5-6-8-14(12)17-11/h5-9H,1,10H2,2-4H3. The second-order valence-electron chi connectivity index (χ2n) is 5.13. The summed E-state index contributed by atoms with van der Waals surface area (Å²) in [6.07, 6.45) is 2.08. The number of fused-ring (bicyclic) bond motifs is 1. The molecule has 0 fully saturated rings. The van der Waals surface area contributed by atoms with Crippen molar-refractivity contribution < 1.29 is 9.47 Å². The first kappa shape index (κ1) is 11.9. The topological polar surface area (TPSA) is 18.5 Å².